The van der Waals surface area contributed by atoms with Crippen LogP contribution in [0, 0.1) is 5.82 Å². The number of anilines is 3. The van der Waals surface area contributed by atoms with E-state index in [-0.39, 0.29) is 18.1 Å². The van der Waals surface area contributed by atoms with Crippen molar-refractivity contribution in [1.82, 2.24) is 4.98 Å². The number of hydrogen-bond acceptors (Lipinski definition) is 5. The van der Waals surface area contributed by atoms with Crippen LogP contribution in [0.5, 0.6) is 5.75 Å². The number of rotatable bonds is 6. The van der Waals surface area contributed by atoms with E-state index < -0.39 is 6.03 Å². The molecule has 9 heteroatoms. The van der Waals surface area contributed by atoms with Crippen molar-refractivity contribution in [2.24, 2.45) is 0 Å². The Labute approximate surface area is 164 Å². The number of methoxy groups -OCH3 is 1. The van der Waals surface area contributed by atoms with Crippen molar-refractivity contribution in [3.8, 4) is 5.75 Å². The Morgan fingerprint density at radius 2 is 1.64 bits per heavy atom. The Balaban J connectivity index is 1.50. The van der Waals surface area contributed by atoms with Gasteiger partial charge in [-0.15, -0.1) is 11.3 Å². The van der Waals surface area contributed by atoms with E-state index in [1.165, 1.54) is 35.6 Å². The number of carbonyl (C=O) groups is 2. The van der Waals surface area contributed by atoms with Gasteiger partial charge in [0.1, 0.15) is 11.6 Å². The minimum Gasteiger partial charge on any atom is -0.497 e. The zero-order valence-corrected chi connectivity index (χ0v) is 15.7. The van der Waals surface area contributed by atoms with Crippen LogP contribution in [0.1, 0.15) is 5.69 Å². The Kier molecular flexibility index (Phi) is 6.18. The normalized spacial score (nSPS) is 10.2. The molecule has 0 unspecified atom stereocenters. The third-order valence-corrected chi connectivity index (χ3v) is 4.40. The maximum Gasteiger partial charge on any atom is 0.325 e. The largest absolute Gasteiger partial charge is 0.497 e. The fourth-order valence-corrected chi connectivity index (χ4v) is 2.99. The van der Waals surface area contributed by atoms with Crippen molar-refractivity contribution in [3.63, 3.8) is 0 Å². The molecule has 28 heavy (non-hydrogen) atoms. The number of halogens is 1. The van der Waals surface area contributed by atoms with Crippen molar-refractivity contribution in [1.29, 1.82) is 0 Å². The predicted octanol–water partition coefficient (Wildman–Crippen LogP) is 4.12. The minimum atomic E-state index is -0.504. The van der Waals surface area contributed by atoms with Crippen LogP contribution in [0.2, 0.25) is 0 Å². The Bertz CT molecular complexity index is 958. The molecular weight excluding hydrogens is 383 g/mol. The molecule has 0 aliphatic rings. The van der Waals surface area contributed by atoms with E-state index in [4.69, 9.17) is 4.74 Å². The summed E-state index contributed by atoms with van der Waals surface area (Å²) in [6.45, 7) is 0. The number of nitrogens with one attached hydrogen (secondary N) is 3. The van der Waals surface area contributed by atoms with E-state index in [1.807, 2.05) is 0 Å². The van der Waals surface area contributed by atoms with Gasteiger partial charge in [0, 0.05) is 16.8 Å². The number of urea groups is 1. The van der Waals surface area contributed by atoms with Crippen molar-refractivity contribution in [2.75, 3.05) is 23.1 Å². The summed E-state index contributed by atoms with van der Waals surface area (Å²) in [5.41, 5.74) is 1.64. The van der Waals surface area contributed by atoms with Gasteiger partial charge in [-0.1, -0.05) is 0 Å². The molecule has 0 aliphatic heterocycles. The molecule has 1 aromatic heterocycles. The van der Waals surface area contributed by atoms with Gasteiger partial charge in [0.25, 0.3) is 0 Å². The molecule has 2 aromatic carbocycles. The number of hydrogen-bond donors (Lipinski definition) is 3. The van der Waals surface area contributed by atoms with Gasteiger partial charge in [-0.25, -0.2) is 14.2 Å². The summed E-state index contributed by atoms with van der Waals surface area (Å²) in [5, 5.41) is 9.97. The lowest BCUT2D eigenvalue weighted by Gasteiger charge is -2.06. The summed E-state index contributed by atoms with van der Waals surface area (Å²) >= 11 is 1.20. The number of thiazole rings is 1. The molecule has 3 rings (SSSR count). The topological polar surface area (TPSA) is 92.4 Å². The minimum absolute atomic E-state index is 0.0732. The zero-order chi connectivity index (χ0) is 19.9. The molecule has 0 fully saturated rings. The van der Waals surface area contributed by atoms with Gasteiger partial charge in [0.15, 0.2) is 5.13 Å². The van der Waals surface area contributed by atoms with Crippen LogP contribution in [-0.2, 0) is 11.2 Å². The monoisotopic (exact) mass is 400 g/mol. The number of amides is 3. The van der Waals surface area contributed by atoms with Crippen LogP contribution in [0.3, 0.4) is 0 Å². The molecule has 3 N–H and O–H groups in total. The second-order valence-corrected chi connectivity index (χ2v) is 6.54. The van der Waals surface area contributed by atoms with Crippen molar-refractivity contribution in [3.05, 3.63) is 65.4 Å². The average molecular weight is 400 g/mol. The van der Waals surface area contributed by atoms with Crippen LogP contribution in [0.25, 0.3) is 0 Å². The number of aromatic nitrogens is 1. The molecule has 3 amide bonds. The van der Waals surface area contributed by atoms with Crippen LogP contribution >= 0.6 is 11.3 Å². The van der Waals surface area contributed by atoms with E-state index >= 15 is 0 Å². The highest BCUT2D eigenvalue weighted by atomic mass is 32.1. The third kappa shape index (κ3) is 5.52. The Morgan fingerprint density at radius 1 is 1.00 bits per heavy atom. The van der Waals surface area contributed by atoms with Gasteiger partial charge in [-0.05, 0) is 48.5 Å². The summed E-state index contributed by atoms with van der Waals surface area (Å²) in [5.74, 6) is 0.0911. The molecule has 0 radical (unpaired) electrons. The second kappa shape index (κ2) is 8.96. The van der Waals surface area contributed by atoms with Gasteiger partial charge >= 0.3 is 6.03 Å². The molecule has 0 bridgehead atoms. The van der Waals surface area contributed by atoms with Crippen molar-refractivity contribution in [2.45, 2.75) is 6.42 Å². The fraction of sp³-hybridized carbons (Fsp3) is 0.105. The maximum atomic E-state index is 12.9. The van der Waals surface area contributed by atoms with Crippen molar-refractivity contribution >= 4 is 39.8 Å². The maximum absolute atomic E-state index is 12.9. The number of carbonyl (C=O) groups excluding carboxylic acids is 2. The summed E-state index contributed by atoms with van der Waals surface area (Å²) in [4.78, 5) is 28.3. The zero-order valence-electron chi connectivity index (χ0n) is 14.9. The van der Waals surface area contributed by atoms with Gasteiger partial charge < -0.3 is 15.4 Å². The molecule has 0 atom stereocenters. The fourth-order valence-electron chi connectivity index (χ4n) is 2.28. The number of benzene rings is 2. The van der Waals surface area contributed by atoms with Crippen LogP contribution in [0.4, 0.5) is 25.7 Å². The smallest absolute Gasteiger partial charge is 0.325 e. The van der Waals surface area contributed by atoms with Crippen LogP contribution in [0.15, 0.2) is 53.9 Å². The van der Waals surface area contributed by atoms with E-state index in [9.17, 15) is 14.0 Å². The highest BCUT2D eigenvalue weighted by Crippen LogP contribution is 2.18. The molecule has 3 aromatic rings. The highest BCUT2D eigenvalue weighted by molar-refractivity contribution is 7.14. The van der Waals surface area contributed by atoms with Crippen LogP contribution < -0.4 is 20.7 Å². The quantitative estimate of drug-likeness (QED) is 0.580. The first kappa shape index (κ1) is 19.3. The highest BCUT2D eigenvalue weighted by Gasteiger charge is 2.10. The first-order valence-corrected chi connectivity index (χ1v) is 9.11. The van der Waals surface area contributed by atoms with Gasteiger partial charge in [-0.2, -0.15) is 0 Å². The molecule has 0 spiro atoms. The molecular formula is C19H17FN4O3S. The molecule has 144 valence electrons. The molecule has 7 nitrogen and oxygen atoms in total. The Morgan fingerprint density at radius 3 is 2.32 bits per heavy atom. The third-order valence-electron chi connectivity index (χ3n) is 3.59. The molecule has 0 aliphatic carbocycles. The standard InChI is InChI=1S/C19H17FN4O3S/c1-27-16-8-6-13(7-9-16)21-17(25)10-15-11-28-19(23-15)24-18(26)22-14-4-2-12(20)3-5-14/h2-9,11H,10H2,1H3,(H,21,25)(H2,22,23,24,26). The lowest BCUT2D eigenvalue weighted by atomic mass is 10.2. The van der Waals surface area contributed by atoms with E-state index in [0.717, 1.165) is 0 Å². The lowest BCUT2D eigenvalue weighted by molar-refractivity contribution is -0.115. The number of nitrogens with zero attached hydrogens (tertiary/aromatic N) is 1. The SMILES string of the molecule is COc1ccc(NC(=O)Cc2csc(NC(=O)Nc3ccc(F)cc3)n2)cc1. The van der Waals surface area contributed by atoms with Crippen LogP contribution in [-0.4, -0.2) is 24.0 Å². The van der Waals surface area contributed by atoms with E-state index in [2.05, 4.69) is 20.9 Å². The molecule has 0 saturated carbocycles. The summed E-state index contributed by atoms with van der Waals surface area (Å²) in [7, 11) is 1.57. The van der Waals surface area contributed by atoms with Gasteiger partial charge in [-0.3, -0.25) is 10.1 Å². The molecule has 1 heterocycles. The second-order valence-electron chi connectivity index (χ2n) is 5.68. The first-order chi connectivity index (χ1) is 13.5. The molecule has 0 saturated heterocycles. The number of ether oxygens (including phenoxy) is 1. The summed E-state index contributed by atoms with van der Waals surface area (Å²) in [6.07, 6.45) is 0.0732. The van der Waals surface area contributed by atoms with Gasteiger partial charge in [0.05, 0.1) is 19.2 Å². The Hall–Kier alpha value is -3.46. The summed E-state index contributed by atoms with van der Waals surface area (Å²) in [6, 6.07) is 11.9. The first-order valence-electron chi connectivity index (χ1n) is 8.24. The lowest BCUT2D eigenvalue weighted by Crippen LogP contribution is -2.19. The van der Waals surface area contributed by atoms with E-state index in [0.29, 0.717) is 27.9 Å². The average Bonchev–Trinajstić information content (AvgIpc) is 3.10. The van der Waals surface area contributed by atoms with Crippen molar-refractivity contribution < 1.29 is 18.7 Å². The van der Waals surface area contributed by atoms with Gasteiger partial charge in [0.2, 0.25) is 5.91 Å². The summed E-state index contributed by atoms with van der Waals surface area (Å²) < 4.78 is 17.9. The van der Waals surface area contributed by atoms with E-state index in [1.54, 1.807) is 36.8 Å². The predicted molar refractivity (Wildman–Crippen MR) is 106 cm³/mol.